The molecule has 1 aliphatic carbocycles. The molecule has 1 heterocycles. The third-order valence-corrected chi connectivity index (χ3v) is 5.02. The molecular formula is C14H15OP. The van der Waals surface area contributed by atoms with Crippen molar-refractivity contribution in [1.29, 1.82) is 0 Å². The van der Waals surface area contributed by atoms with E-state index >= 15 is 0 Å². The van der Waals surface area contributed by atoms with Gasteiger partial charge in [-0.1, -0.05) is 35.9 Å². The predicted molar refractivity (Wildman–Crippen MR) is 70.2 cm³/mol. The molecule has 16 heavy (non-hydrogen) atoms. The molecule has 0 aromatic heterocycles. The van der Waals surface area contributed by atoms with Crippen molar-refractivity contribution in [2.75, 3.05) is 6.66 Å². The summed E-state index contributed by atoms with van der Waals surface area (Å²) in [6.07, 6.45) is 7.91. The molecule has 2 aliphatic rings. The lowest BCUT2D eigenvalue weighted by atomic mass is 9.97. The van der Waals surface area contributed by atoms with Crippen molar-refractivity contribution in [3.63, 3.8) is 0 Å². The summed E-state index contributed by atoms with van der Waals surface area (Å²) in [5.41, 5.74) is 4.63. The molecule has 1 nitrogen and oxygen atoms in total. The summed E-state index contributed by atoms with van der Waals surface area (Å²) in [4.78, 5) is 0. The van der Waals surface area contributed by atoms with Crippen LogP contribution in [0.25, 0.3) is 6.08 Å². The van der Waals surface area contributed by atoms with Gasteiger partial charge in [0, 0.05) is 11.2 Å². The van der Waals surface area contributed by atoms with Gasteiger partial charge >= 0.3 is 0 Å². The van der Waals surface area contributed by atoms with E-state index in [4.69, 9.17) is 4.52 Å². The Morgan fingerprint density at radius 1 is 1.31 bits per heavy atom. The zero-order valence-corrected chi connectivity index (χ0v) is 10.5. The van der Waals surface area contributed by atoms with Gasteiger partial charge < -0.3 is 4.52 Å². The van der Waals surface area contributed by atoms with Crippen LogP contribution < -0.4 is 4.52 Å². The lowest BCUT2D eigenvalue weighted by Gasteiger charge is -2.31. The normalized spacial score (nSPS) is 31.8. The molecule has 0 amide bonds. The number of rotatable bonds is 0. The van der Waals surface area contributed by atoms with Gasteiger partial charge in [0.25, 0.3) is 0 Å². The number of fused-ring (bicyclic) bond motifs is 1. The first kappa shape index (κ1) is 10.1. The van der Waals surface area contributed by atoms with Crippen molar-refractivity contribution in [2.45, 2.75) is 19.0 Å². The van der Waals surface area contributed by atoms with Crippen LogP contribution in [0.4, 0.5) is 0 Å². The average molecular weight is 230 g/mol. The maximum Gasteiger partial charge on any atom is 0.127 e. The molecule has 1 aliphatic heterocycles. The minimum absolute atomic E-state index is 0.363. The van der Waals surface area contributed by atoms with E-state index in [9.17, 15) is 0 Å². The van der Waals surface area contributed by atoms with Gasteiger partial charge in [0.1, 0.15) is 5.75 Å². The Kier molecular flexibility index (Phi) is 2.37. The van der Waals surface area contributed by atoms with Crippen molar-refractivity contribution < 1.29 is 4.52 Å². The van der Waals surface area contributed by atoms with Gasteiger partial charge in [-0.3, -0.25) is 0 Å². The van der Waals surface area contributed by atoms with Gasteiger partial charge in [0.05, 0.1) is 8.15 Å². The molecule has 0 N–H and O–H groups in total. The van der Waals surface area contributed by atoms with Crippen LogP contribution in [0.1, 0.15) is 18.1 Å². The Morgan fingerprint density at radius 2 is 2.19 bits per heavy atom. The van der Waals surface area contributed by atoms with E-state index in [1.54, 1.807) is 0 Å². The first-order valence-corrected chi connectivity index (χ1v) is 7.41. The van der Waals surface area contributed by atoms with Crippen LogP contribution in [-0.4, -0.2) is 12.3 Å². The highest BCUT2D eigenvalue weighted by molar-refractivity contribution is 7.53. The lowest BCUT2D eigenvalue weighted by Crippen LogP contribution is -2.17. The van der Waals surface area contributed by atoms with Gasteiger partial charge in [0.2, 0.25) is 0 Å². The fourth-order valence-electron chi connectivity index (χ4n) is 2.35. The van der Waals surface area contributed by atoms with E-state index in [1.165, 1.54) is 16.7 Å². The summed E-state index contributed by atoms with van der Waals surface area (Å²) in [5.74, 6) is 1.10. The molecule has 3 rings (SSSR count). The third kappa shape index (κ3) is 1.60. The predicted octanol–water partition coefficient (Wildman–Crippen LogP) is 3.99. The number of hydrogen-bond acceptors (Lipinski definition) is 1. The summed E-state index contributed by atoms with van der Waals surface area (Å²) >= 11 is 0. The second-order valence-electron chi connectivity index (χ2n) is 4.48. The second-order valence-corrected chi connectivity index (χ2v) is 6.42. The van der Waals surface area contributed by atoms with E-state index in [0.717, 1.165) is 12.2 Å². The highest BCUT2D eigenvalue weighted by atomic mass is 31.1. The van der Waals surface area contributed by atoms with Crippen LogP contribution in [0.3, 0.4) is 0 Å². The van der Waals surface area contributed by atoms with Crippen molar-refractivity contribution in [3.8, 4) is 5.75 Å². The van der Waals surface area contributed by atoms with E-state index < -0.39 is 0 Å². The molecule has 0 radical (unpaired) electrons. The summed E-state index contributed by atoms with van der Waals surface area (Å²) in [5, 5.41) is 0. The smallest absolute Gasteiger partial charge is 0.127 e. The van der Waals surface area contributed by atoms with Crippen LogP contribution in [0.2, 0.25) is 0 Å². The van der Waals surface area contributed by atoms with E-state index in [2.05, 4.69) is 50.0 Å². The summed E-state index contributed by atoms with van der Waals surface area (Å²) in [7, 11) is -0.363. The molecular weight excluding hydrogens is 215 g/mol. The molecule has 0 saturated carbocycles. The molecule has 82 valence electrons. The molecule has 0 fully saturated rings. The fraction of sp³-hybridized carbons (Fsp3) is 0.286. The van der Waals surface area contributed by atoms with Crippen LogP contribution in [0.5, 0.6) is 5.75 Å². The molecule has 2 unspecified atom stereocenters. The Bertz CT molecular complexity index is 488. The van der Waals surface area contributed by atoms with E-state index in [0.29, 0.717) is 5.66 Å². The molecule has 1 aromatic carbocycles. The summed E-state index contributed by atoms with van der Waals surface area (Å²) in [6.45, 7) is 4.40. The fourth-order valence-corrected chi connectivity index (χ4v) is 3.85. The Balaban J connectivity index is 2.20. The van der Waals surface area contributed by atoms with Crippen LogP contribution in [0, 0.1) is 0 Å². The molecule has 2 heteroatoms. The van der Waals surface area contributed by atoms with Gasteiger partial charge in [-0.15, -0.1) is 0 Å². The minimum atomic E-state index is -0.363. The maximum absolute atomic E-state index is 6.05. The first-order valence-electron chi connectivity index (χ1n) is 5.63. The van der Waals surface area contributed by atoms with Gasteiger partial charge in [-0.25, -0.2) is 0 Å². The SMILES string of the molecule is CC1=C\C2Cc3c(cccc3OP2C)/C=C\1. The molecule has 2 bridgehead atoms. The topological polar surface area (TPSA) is 9.23 Å². The van der Waals surface area contributed by atoms with Crippen molar-refractivity contribution in [3.05, 3.63) is 47.1 Å². The molecule has 0 spiro atoms. The Morgan fingerprint density at radius 3 is 3.06 bits per heavy atom. The van der Waals surface area contributed by atoms with Gasteiger partial charge in [-0.2, -0.15) is 0 Å². The highest BCUT2D eigenvalue weighted by Gasteiger charge is 2.27. The zero-order chi connectivity index (χ0) is 11.1. The average Bonchev–Trinajstić information content (AvgIpc) is 2.24. The minimum Gasteiger partial charge on any atom is -0.473 e. The van der Waals surface area contributed by atoms with Crippen molar-refractivity contribution in [1.82, 2.24) is 0 Å². The Labute approximate surface area is 97.7 Å². The third-order valence-electron chi connectivity index (χ3n) is 3.27. The quantitative estimate of drug-likeness (QED) is 0.612. The summed E-state index contributed by atoms with van der Waals surface area (Å²) in [6, 6.07) is 6.36. The zero-order valence-electron chi connectivity index (χ0n) is 9.60. The first-order chi connectivity index (χ1) is 7.74. The lowest BCUT2D eigenvalue weighted by molar-refractivity contribution is 0.577. The van der Waals surface area contributed by atoms with Crippen molar-refractivity contribution >= 4 is 14.2 Å². The number of hydrogen-bond donors (Lipinski definition) is 0. The van der Waals surface area contributed by atoms with Crippen molar-refractivity contribution in [2.24, 2.45) is 0 Å². The van der Waals surface area contributed by atoms with Crippen LogP contribution in [0.15, 0.2) is 35.9 Å². The molecule has 2 atom stereocenters. The standard InChI is InChI=1S/C14H15OP/c1-10-6-7-11-4-3-5-14-13(11)9-12(8-10)16(2)15-14/h3-8,12H,9H2,1-2H3/b7-6-,10-8+. The highest BCUT2D eigenvalue weighted by Crippen LogP contribution is 2.49. The largest absolute Gasteiger partial charge is 0.473 e. The van der Waals surface area contributed by atoms with E-state index in [-0.39, 0.29) is 8.15 Å². The summed E-state index contributed by atoms with van der Waals surface area (Å²) < 4.78 is 6.05. The maximum atomic E-state index is 6.05. The monoisotopic (exact) mass is 230 g/mol. The molecule has 1 aromatic rings. The number of benzene rings is 1. The van der Waals surface area contributed by atoms with Crippen LogP contribution >= 0.6 is 8.15 Å². The number of allylic oxidation sites excluding steroid dienone is 3. The van der Waals surface area contributed by atoms with Gasteiger partial charge in [-0.05, 0) is 31.6 Å². The van der Waals surface area contributed by atoms with Gasteiger partial charge in [0.15, 0.2) is 0 Å². The molecule has 0 saturated heterocycles. The van der Waals surface area contributed by atoms with E-state index in [1.807, 2.05) is 0 Å². The van der Waals surface area contributed by atoms with Crippen LogP contribution in [-0.2, 0) is 6.42 Å². The Hall–Kier alpha value is -1.07. The second kappa shape index (κ2) is 3.75.